The van der Waals surface area contributed by atoms with Crippen LogP contribution in [0, 0.1) is 13.8 Å². The van der Waals surface area contributed by atoms with Crippen LogP contribution in [0.25, 0.3) is 0 Å². The van der Waals surface area contributed by atoms with Crippen molar-refractivity contribution in [1.82, 2.24) is 4.90 Å². The van der Waals surface area contributed by atoms with Gasteiger partial charge in [0.15, 0.2) is 0 Å². The average molecular weight is 206 g/mol. The minimum absolute atomic E-state index is 0.120. The van der Waals surface area contributed by atoms with Gasteiger partial charge < -0.3 is 10.6 Å². The SMILES string of the molecule is CCN(C)CC(N)c1cc(C)ccc1C. The van der Waals surface area contributed by atoms with E-state index in [0.717, 1.165) is 13.1 Å². The molecule has 0 aliphatic carbocycles. The molecule has 1 rings (SSSR count). The first kappa shape index (κ1) is 12.2. The van der Waals surface area contributed by atoms with Crippen molar-refractivity contribution in [1.29, 1.82) is 0 Å². The minimum Gasteiger partial charge on any atom is -0.323 e. The number of nitrogens with zero attached hydrogens (tertiary/aromatic N) is 1. The Morgan fingerprint density at radius 2 is 2.00 bits per heavy atom. The summed E-state index contributed by atoms with van der Waals surface area (Å²) in [5.74, 6) is 0. The van der Waals surface area contributed by atoms with Crippen LogP contribution in [0.1, 0.15) is 29.7 Å². The maximum atomic E-state index is 6.20. The predicted octanol–water partition coefficient (Wildman–Crippen LogP) is 2.25. The Labute approximate surface area is 93.1 Å². The summed E-state index contributed by atoms with van der Waals surface area (Å²) in [6.07, 6.45) is 0. The zero-order valence-electron chi connectivity index (χ0n) is 10.2. The summed E-state index contributed by atoms with van der Waals surface area (Å²) in [4.78, 5) is 2.24. The van der Waals surface area contributed by atoms with E-state index < -0.39 is 0 Å². The molecule has 84 valence electrons. The van der Waals surface area contributed by atoms with E-state index in [-0.39, 0.29) is 6.04 Å². The molecule has 1 atom stereocenters. The lowest BCUT2D eigenvalue weighted by Gasteiger charge is -2.21. The van der Waals surface area contributed by atoms with Gasteiger partial charge in [-0.25, -0.2) is 0 Å². The zero-order chi connectivity index (χ0) is 11.4. The van der Waals surface area contributed by atoms with Gasteiger partial charge in [0.2, 0.25) is 0 Å². The fraction of sp³-hybridized carbons (Fsp3) is 0.538. The molecule has 0 spiro atoms. The second kappa shape index (κ2) is 5.29. The number of hydrogen-bond donors (Lipinski definition) is 1. The molecule has 0 heterocycles. The molecular weight excluding hydrogens is 184 g/mol. The Kier molecular flexibility index (Phi) is 4.30. The highest BCUT2D eigenvalue weighted by Gasteiger charge is 2.10. The van der Waals surface area contributed by atoms with Gasteiger partial charge in [-0.2, -0.15) is 0 Å². The molecule has 0 radical (unpaired) electrons. The van der Waals surface area contributed by atoms with Crippen molar-refractivity contribution < 1.29 is 0 Å². The fourth-order valence-electron chi connectivity index (χ4n) is 1.72. The van der Waals surface area contributed by atoms with Crippen molar-refractivity contribution in [2.75, 3.05) is 20.1 Å². The summed E-state index contributed by atoms with van der Waals surface area (Å²) in [5, 5.41) is 0. The summed E-state index contributed by atoms with van der Waals surface area (Å²) in [7, 11) is 2.10. The number of benzene rings is 1. The van der Waals surface area contributed by atoms with Gasteiger partial charge >= 0.3 is 0 Å². The molecule has 1 aromatic rings. The van der Waals surface area contributed by atoms with E-state index in [1.807, 2.05) is 0 Å². The summed E-state index contributed by atoms with van der Waals surface area (Å²) in [5.41, 5.74) is 10.0. The fourth-order valence-corrected chi connectivity index (χ4v) is 1.72. The second-order valence-corrected chi connectivity index (χ2v) is 4.32. The van der Waals surface area contributed by atoms with Gasteiger partial charge in [-0.3, -0.25) is 0 Å². The largest absolute Gasteiger partial charge is 0.323 e. The zero-order valence-corrected chi connectivity index (χ0v) is 10.2. The summed E-state index contributed by atoms with van der Waals surface area (Å²) < 4.78 is 0. The normalized spacial score (nSPS) is 13.2. The van der Waals surface area contributed by atoms with E-state index in [1.54, 1.807) is 0 Å². The van der Waals surface area contributed by atoms with Crippen LogP contribution in [0.15, 0.2) is 18.2 Å². The van der Waals surface area contributed by atoms with Gasteiger partial charge in [0.1, 0.15) is 0 Å². The van der Waals surface area contributed by atoms with Gasteiger partial charge in [0, 0.05) is 12.6 Å². The number of aryl methyl sites for hydroxylation is 2. The molecule has 0 aliphatic rings. The second-order valence-electron chi connectivity index (χ2n) is 4.32. The number of hydrogen-bond acceptors (Lipinski definition) is 2. The monoisotopic (exact) mass is 206 g/mol. The van der Waals surface area contributed by atoms with Crippen LogP contribution in [0.3, 0.4) is 0 Å². The molecule has 0 amide bonds. The highest BCUT2D eigenvalue weighted by atomic mass is 15.1. The van der Waals surface area contributed by atoms with Crippen molar-refractivity contribution in [2.24, 2.45) is 5.73 Å². The van der Waals surface area contributed by atoms with Crippen molar-refractivity contribution >= 4 is 0 Å². The first-order valence-corrected chi connectivity index (χ1v) is 5.56. The number of likely N-dealkylation sites (N-methyl/N-ethyl adjacent to an activating group) is 1. The standard InChI is InChI=1S/C13H22N2/c1-5-15(4)9-13(14)12-8-10(2)6-7-11(12)3/h6-8,13H,5,9,14H2,1-4H3. The lowest BCUT2D eigenvalue weighted by atomic mass is 9.99. The van der Waals surface area contributed by atoms with Crippen LogP contribution in [-0.2, 0) is 0 Å². The summed E-state index contributed by atoms with van der Waals surface area (Å²) >= 11 is 0. The van der Waals surface area contributed by atoms with E-state index in [0.29, 0.717) is 0 Å². The van der Waals surface area contributed by atoms with Gasteiger partial charge in [0.25, 0.3) is 0 Å². The van der Waals surface area contributed by atoms with Crippen molar-refractivity contribution in [3.8, 4) is 0 Å². The smallest absolute Gasteiger partial charge is 0.0426 e. The molecule has 0 bridgehead atoms. The quantitative estimate of drug-likeness (QED) is 0.818. The molecule has 0 aromatic heterocycles. The Hall–Kier alpha value is -0.860. The summed E-state index contributed by atoms with van der Waals surface area (Å²) in [6.45, 7) is 8.34. The van der Waals surface area contributed by atoms with Gasteiger partial charge in [-0.05, 0) is 38.6 Å². The van der Waals surface area contributed by atoms with Crippen LogP contribution in [0.5, 0.6) is 0 Å². The first-order chi connectivity index (χ1) is 7.04. The Balaban J connectivity index is 2.80. The van der Waals surface area contributed by atoms with Crippen LogP contribution in [0.2, 0.25) is 0 Å². The molecular formula is C13H22N2. The Bertz CT molecular complexity index is 320. The van der Waals surface area contributed by atoms with Gasteiger partial charge in [-0.1, -0.05) is 30.7 Å². The molecule has 0 aliphatic heterocycles. The van der Waals surface area contributed by atoms with E-state index in [2.05, 4.69) is 50.9 Å². The maximum absolute atomic E-state index is 6.20. The molecule has 2 nitrogen and oxygen atoms in total. The minimum atomic E-state index is 0.120. The number of nitrogens with two attached hydrogens (primary N) is 1. The van der Waals surface area contributed by atoms with Crippen LogP contribution >= 0.6 is 0 Å². The lowest BCUT2D eigenvalue weighted by Crippen LogP contribution is -2.29. The number of rotatable bonds is 4. The van der Waals surface area contributed by atoms with Crippen LogP contribution in [0.4, 0.5) is 0 Å². The molecule has 1 aromatic carbocycles. The Morgan fingerprint density at radius 3 is 2.60 bits per heavy atom. The molecule has 0 fully saturated rings. The van der Waals surface area contributed by atoms with Crippen LogP contribution < -0.4 is 5.73 Å². The molecule has 15 heavy (non-hydrogen) atoms. The molecule has 0 saturated heterocycles. The average Bonchev–Trinajstić information content (AvgIpc) is 2.21. The summed E-state index contributed by atoms with van der Waals surface area (Å²) in [6, 6.07) is 6.60. The molecule has 0 saturated carbocycles. The van der Waals surface area contributed by atoms with Crippen molar-refractivity contribution in [3.63, 3.8) is 0 Å². The highest BCUT2D eigenvalue weighted by molar-refractivity contribution is 5.32. The van der Waals surface area contributed by atoms with E-state index in [9.17, 15) is 0 Å². The first-order valence-electron chi connectivity index (χ1n) is 5.56. The van der Waals surface area contributed by atoms with Crippen LogP contribution in [-0.4, -0.2) is 25.0 Å². The third-order valence-corrected chi connectivity index (χ3v) is 2.88. The topological polar surface area (TPSA) is 29.3 Å². The molecule has 2 N–H and O–H groups in total. The molecule has 1 unspecified atom stereocenters. The van der Waals surface area contributed by atoms with E-state index in [4.69, 9.17) is 5.73 Å². The lowest BCUT2D eigenvalue weighted by molar-refractivity contribution is 0.328. The van der Waals surface area contributed by atoms with E-state index >= 15 is 0 Å². The Morgan fingerprint density at radius 1 is 1.33 bits per heavy atom. The van der Waals surface area contributed by atoms with Gasteiger partial charge in [-0.15, -0.1) is 0 Å². The predicted molar refractivity (Wildman–Crippen MR) is 66.0 cm³/mol. The molecule has 2 heteroatoms. The third-order valence-electron chi connectivity index (χ3n) is 2.88. The van der Waals surface area contributed by atoms with E-state index in [1.165, 1.54) is 16.7 Å². The maximum Gasteiger partial charge on any atom is 0.0426 e. The highest BCUT2D eigenvalue weighted by Crippen LogP contribution is 2.17. The van der Waals surface area contributed by atoms with Crippen molar-refractivity contribution in [3.05, 3.63) is 34.9 Å². The van der Waals surface area contributed by atoms with Crippen molar-refractivity contribution in [2.45, 2.75) is 26.8 Å². The van der Waals surface area contributed by atoms with Gasteiger partial charge in [0.05, 0.1) is 0 Å². The third kappa shape index (κ3) is 3.33.